The van der Waals surface area contributed by atoms with Crippen LogP contribution in [-0.2, 0) is 11.2 Å². The van der Waals surface area contributed by atoms with Crippen LogP contribution >= 0.6 is 0 Å². The second-order valence-corrected chi connectivity index (χ2v) is 7.58. The van der Waals surface area contributed by atoms with E-state index in [-0.39, 0.29) is 18.1 Å². The van der Waals surface area contributed by atoms with Gasteiger partial charge in [-0.2, -0.15) is 0 Å². The Morgan fingerprint density at radius 2 is 1.97 bits per heavy atom. The topological polar surface area (TPSA) is 69.7 Å². The number of rotatable bonds is 6. The molecular formula is C23H24N2O4. The van der Waals surface area contributed by atoms with Crippen LogP contribution in [0, 0.1) is 0 Å². The summed E-state index contributed by atoms with van der Waals surface area (Å²) in [5.41, 5.74) is 2.12. The molecule has 4 rings (SSSR count). The van der Waals surface area contributed by atoms with Gasteiger partial charge >= 0.3 is 0 Å². The third-order valence-corrected chi connectivity index (χ3v) is 4.67. The first-order chi connectivity index (χ1) is 13.9. The van der Waals surface area contributed by atoms with Gasteiger partial charge in [0.15, 0.2) is 18.1 Å². The number of amides is 1. The van der Waals surface area contributed by atoms with Gasteiger partial charge in [-0.05, 0) is 39.0 Å². The summed E-state index contributed by atoms with van der Waals surface area (Å²) in [6, 6.07) is 15.1. The second kappa shape index (κ2) is 7.62. The van der Waals surface area contributed by atoms with Crippen LogP contribution in [0.5, 0.6) is 17.4 Å². The molecular weight excluding hydrogens is 368 g/mol. The van der Waals surface area contributed by atoms with Gasteiger partial charge in [0.05, 0.1) is 17.8 Å². The fourth-order valence-electron chi connectivity index (χ4n) is 3.49. The molecule has 0 spiro atoms. The van der Waals surface area contributed by atoms with Crippen molar-refractivity contribution in [1.82, 2.24) is 4.98 Å². The molecule has 2 heterocycles. The third-order valence-electron chi connectivity index (χ3n) is 4.67. The minimum Gasteiger partial charge on any atom is -0.483 e. The molecule has 29 heavy (non-hydrogen) atoms. The lowest BCUT2D eigenvalue weighted by atomic mass is 10.0. The number of pyridine rings is 1. The molecule has 0 unspecified atom stereocenters. The molecule has 1 aliphatic heterocycles. The predicted octanol–water partition coefficient (Wildman–Crippen LogP) is 4.36. The Kier molecular flexibility index (Phi) is 5.01. The smallest absolute Gasteiger partial charge is 0.262 e. The molecule has 150 valence electrons. The van der Waals surface area contributed by atoms with Gasteiger partial charge in [0.2, 0.25) is 5.88 Å². The number of fused-ring (bicyclic) bond motifs is 2. The van der Waals surface area contributed by atoms with Gasteiger partial charge in [0.1, 0.15) is 5.60 Å². The van der Waals surface area contributed by atoms with Gasteiger partial charge in [-0.1, -0.05) is 24.3 Å². The zero-order chi connectivity index (χ0) is 20.4. The van der Waals surface area contributed by atoms with Crippen LogP contribution in [0.3, 0.4) is 0 Å². The molecule has 0 saturated carbocycles. The maximum atomic E-state index is 12.5. The summed E-state index contributed by atoms with van der Waals surface area (Å²) in [5.74, 6) is 1.56. The summed E-state index contributed by atoms with van der Waals surface area (Å²) in [7, 11) is 0. The number of hydrogen-bond donors (Lipinski definition) is 1. The SMILES string of the molecule is CCOc1ccc2cccc(NC(=O)COc3cccc4c3OC(C)(C)C4)c2n1. The first kappa shape index (κ1) is 19.1. The van der Waals surface area contributed by atoms with E-state index in [2.05, 4.69) is 10.3 Å². The summed E-state index contributed by atoms with van der Waals surface area (Å²) >= 11 is 0. The van der Waals surface area contributed by atoms with Crippen molar-refractivity contribution in [1.29, 1.82) is 0 Å². The van der Waals surface area contributed by atoms with E-state index < -0.39 is 0 Å². The fraction of sp³-hybridized carbons (Fsp3) is 0.304. The highest BCUT2D eigenvalue weighted by atomic mass is 16.5. The van der Waals surface area contributed by atoms with Crippen molar-refractivity contribution in [2.24, 2.45) is 0 Å². The number of para-hydroxylation sites is 2. The van der Waals surface area contributed by atoms with Gasteiger partial charge in [-0.3, -0.25) is 4.79 Å². The van der Waals surface area contributed by atoms with Crippen molar-refractivity contribution in [3.8, 4) is 17.4 Å². The average Bonchev–Trinajstić information content (AvgIpc) is 3.01. The maximum Gasteiger partial charge on any atom is 0.262 e. The van der Waals surface area contributed by atoms with Crippen molar-refractivity contribution >= 4 is 22.5 Å². The van der Waals surface area contributed by atoms with E-state index in [1.807, 2.05) is 69.3 Å². The van der Waals surface area contributed by atoms with Gasteiger partial charge in [-0.15, -0.1) is 0 Å². The van der Waals surface area contributed by atoms with Crippen LogP contribution in [0.15, 0.2) is 48.5 Å². The Hall–Kier alpha value is -3.28. The Labute approximate surface area is 169 Å². The Bertz CT molecular complexity index is 1060. The number of hydrogen-bond acceptors (Lipinski definition) is 5. The molecule has 6 nitrogen and oxygen atoms in total. The van der Waals surface area contributed by atoms with E-state index in [0.717, 1.165) is 23.1 Å². The lowest BCUT2D eigenvalue weighted by Gasteiger charge is -2.18. The maximum absolute atomic E-state index is 12.5. The first-order valence-corrected chi connectivity index (χ1v) is 9.71. The number of aromatic nitrogens is 1. The number of nitrogens with one attached hydrogen (secondary N) is 1. The standard InChI is InChI=1S/C23H24N2O4/c1-4-27-20-12-11-15-7-5-9-17(21(15)25-20)24-19(26)14-28-18-10-6-8-16-13-23(2,3)29-22(16)18/h5-12H,4,13-14H2,1-3H3,(H,24,26). The molecule has 0 radical (unpaired) electrons. The molecule has 0 fully saturated rings. The summed E-state index contributed by atoms with van der Waals surface area (Å²) < 4.78 is 17.2. The Balaban J connectivity index is 1.48. The van der Waals surface area contributed by atoms with E-state index in [4.69, 9.17) is 14.2 Å². The molecule has 0 bridgehead atoms. The Morgan fingerprint density at radius 1 is 1.14 bits per heavy atom. The number of anilines is 1. The average molecular weight is 392 g/mol. The molecule has 1 aromatic heterocycles. The highest BCUT2D eigenvalue weighted by molar-refractivity contribution is 6.00. The normalized spacial score (nSPS) is 14.2. The minimum atomic E-state index is -0.268. The molecule has 1 amide bonds. The second-order valence-electron chi connectivity index (χ2n) is 7.58. The molecule has 0 atom stereocenters. The number of ether oxygens (including phenoxy) is 3. The minimum absolute atomic E-state index is 0.123. The lowest BCUT2D eigenvalue weighted by molar-refractivity contribution is -0.118. The molecule has 6 heteroatoms. The van der Waals surface area contributed by atoms with Gasteiger partial charge in [0, 0.05) is 23.4 Å². The van der Waals surface area contributed by atoms with Crippen molar-refractivity contribution in [2.45, 2.75) is 32.8 Å². The summed E-state index contributed by atoms with van der Waals surface area (Å²) in [6.07, 6.45) is 0.815. The van der Waals surface area contributed by atoms with Crippen LogP contribution in [0.1, 0.15) is 26.3 Å². The third kappa shape index (κ3) is 4.11. The molecule has 1 aliphatic rings. The predicted molar refractivity (Wildman–Crippen MR) is 112 cm³/mol. The molecule has 1 N–H and O–H groups in total. The highest BCUT2D eigenvalue weighted by Gasteiger charge is 2.32. The van der Waals surface area contributed by atoms with E-state index in [9.17, 15) is 4.79 Å². The number of carbonyl (C=O) groups excluding carboxylic acids is 1. The molecule has 0 aliphatic carbocycles. The molecule has 0 saturated heterocycles. The number of benzene rings is 2. The largest absolute Gasteiger partial charge is 0.483 e. The van der Waals surface area contributed by atoms with E-state index >= 15 is 0 Å². The highest BCUT2D eigenvalue weighted by Crippen LogP contribution is 2.41. The number of nitrogens with zero attached hydrogens (tertiary/aromatic N) is 1. The van der Waals surface area contributed by atoms with Crippen molar-refractivity contribution < 1.29 is 19.0 Å². The quantitative estimate of drug-likeness (QED) is 0.675. The zero-order valence-corrected chi connectivity index (χ0v) is 16.8. The van der Waals surface area contributed by atoms with Gasteiger partial charge < -0.3 is 19.5 Å². The van der Waals surface area contributed by atoms with Crippen LogP contribution in [-0.4, -0.2) is 29.7 Å². The van der Waals surface area contributed by atoms with Crippen molar-refractivity contribution in [2.75, 3.05) is 18.5 Å². The monoisotopic (exact) mass is 392 g/mol. The van der Waals surface area contributed by atoms with Crippen LogP contribution in [0.25, 0.3) is 10.9 Å². The van der Waals surface area contributed by atoms with E-state index in [1.54, 1.807) is 0 Å². The first-order valence-electron chi connectivity index (χ1n) is 9.71. The molecule has 2 aromatic carbocycles. The summed E-state index contributed by atoms with van der Waals surface area (Å²) in [4.78, 5) is 17.0. The van der Waals surface area contributed by atoms with Crippen LogP contribution in [0.2, 0.25) is 0 Å². The van der Waals surface area contributed by atoms with Crippen molar-refractivity contribution in [3.63, 3.8) is 0 Å². The molecule has 3 aromatic rings. The van der Waals surface area contributed by atoms with Crippen LogP contribution in [0.4, 0.5) is 5.69 Å². The van der Waals surface area contributed by atoms with Crippen LogP contribution < -0.4 is 19.5 Å². The lowest BCUT2D eigenvalue weighted by Crippen LogP contribution is -2.25. The van der Waals surface area contributed by atoms with Gasteiger partial charge in [0.25, 0.3) is 5.91 Å². The van der Waals surface area contributed by atoms with Gasteiger partial charge in [-0.25, -0.2) is 4.98 Å². The summed E-state index contributed by atoms with van der Waals surface area (Å²) in [5, 5.41) is 3.81. The fourth-order valence-corrected chi connectivity index (χ4v) is 3.49. The zero-order valence-electron chi connectivity index (χ0n) is 16.8. The van der Waals surface area contributed by atoms with E-state index in [0.29, 0.717) is 29.4 Å². The van der Waals surface area contributed by atoms with Crippen molar-refractivity contribution in [3.05, 3.63) is 54.1 Å². The van der Waals surface area contributed by atoms with E-state index in [1.165, 1.54) is 0 Å². The number of carbonyl (C=O) groups is 1. The summed E-state index contributed by atoms with van der Waals surface area (Å²) in [6.45, 7) is 6.38. The Morgan fingerprint density at radius 3 is 2.79 bits per heavy atom.